The second-order valence-corrected chi connectivity index (χ2v) is 7.98. The topological polar surface area (TPSA) is 128 Å². The molecule has 4 unspecified atom stereocenters. The number of imide groups is 1. The van der Waals surface area contributed by atoms with Gasteiger partial charge in [0.1, 0.15) is 5.54 Å². The summed E-state index contributed by atoms with van der Waals surface area (Å²) in [6.07, 6.45) is 0. The molecular weight excluding hydrogens is 398 g/mol. The first-order valence-corrected chi connectivity index (χ1v) is 9.69. The van der Waals surface area contributed by atoms with E-state index in [0.717, 1.165) is 4.90 Å². The highest BCUT2D eigenvalue weighted by Gasteiger charge is 2.66. The van der Waals surface area contributed by atoms with Gasteiger partial charge in [-0.1, -0.05) is 12.1 Å². The fourth-order valence-electron chi connectivity index (χ4n) is 4.49. The number of carbonyl (C=O) groups excluding carboxylic acids is 3. The first-order chi connectivity index (χ1) is 14.7. The predicted octanol–water partition coefficient (Wildman–Crippen LogP) is 2.05. The van der Waals surface area contributed by atoms with Crippen LogP contribution in [0, 0.1) is 23.2 Å². The molecule has 0 aromatic heterocycles. The minimum absolute atomic E-state index is 0.147. The molecule has 0 aliphatic carbocycles. The predicted molar refractivity (Wildman–Crippen MR) is 109 cm³/mol. The van der Waals surface area contributed by atoms with Gasteiger partial charge in [0.25, 0.3) is 0 Å². The van der Waals surface area contributed by atoms with E-state index in [1.807, 2.05) is 6.07 Å². The van der Waals surface area contributed by atoms with Crippen LogP contribution in [0.15, 0.2) is 48.5 Å². The first kappa shape index (κ1) is 20.4. The van der Waals surface area contributed by atoms with Crippen molar-refractivity contribution >= 4 is 29.3 Å². The van der Waals surface area contributed by atoms with Crippen molar-refractivity contribution in [3.05, 3.63) is 65.2 Å². The van der Waals surface area contributed by atoms with Gasteiger partial charge in [-0.3, -0.25) is 24.5 Å². The molecule has 4 rings (SSSR count). The van der Waals surface area contributed by atoms with E-state index in [1.54, 1.807) is 24.3 Å². The van der Waals surface area contributed by atoms with E-state index in [0.29, 0.717) is 22.4 Å². The lowest BCUT2D eigenvalue weighted by molar-refractivity contribution is -0.147. The van der Waals surface area contributed by atoms with Gasteiger partial charge in [-0.15, -0.1) is 0 Å². The fraction of sp³-hybridized carbons (Fsp3) is 0.261. The summed E-state index contributed by atoms with van der Waals surface area (Å²) in [4.78, 5) is 51.4. The summed E-state index contributed by atoms with van der Waals surface area (Å²) in [7, 11) is 0. The number of Topliss-reactive ketones (excluding diaryl/α,β-unsaturated/α-hetero) is 1. The standard InChI is InChI=1S/C23H19N3O5/c1-12(27)14-7-9-16(10-8-14)26-20(28)17-18(21(26)29)23(2,22(30)31)25-19(17)15-5-3-13(11-24)4-6-15/h3-10,17-19,25H,1-2H3,(H,30,31). The molecule has 0 spiro atoms. The molecule has 156 valence electrons. The number of aliphatic carboxylic acids is 1. The molecule has 2 amide bonds. The summed E-state index contributed by atoms with van der Waals surface area (Å²) in [6.45, 7) is 2.82. The molecule has 4 atom stereocenters. The van der Waals surface area contributed by atoms with E-state index in [9.17, 15) is 24.3 Å². The number of nitriles is 1. The second kappa shape index (κ2) is 7.15. The van der Waals surface area contributed by atoms with Crippen LogP contribution >= 0.6 is 0 Å². The van der Waals surface area contributed by atoms with Crippen LogP contribution in [0.1, 0.15) is 41.4 Å². The molecule has 2 heterocycles. The van der Waals surface area contributed by atoms with E-state index in [2.05, 4.69) is 5.32 Å². The zero-order valence-electron chi connectivity index (χ0n) is 16.8. The van der Waals surface area contributed by atoms with Crippen LogP contribution in [0.25, 0.3) is 0 Å². The number of benzene rings is 2. The van der Waals surface area contributed by atoms with Gasteiger partial charge < -0.3 is 5.11 Å². The van der Waals surface area contributed by atoms with Gasteiger partial charge in [-0.25, -0.2) is 4.90 Å². The normalized spacial score (nSPS) is 27.1. The van der Waals surface area contributed by atoms with Crippen molar-refractivity contribution in [1.82, 2.24) is 5.32 Å². The number of rotatable bonds is 4. The van der Waals surface area contributed by atoms with Gasteiger partial charge in [0.05, 0.1) is 29.2 Å². The number of nitrogens with one attached hydrogen (secondary N) is 1. The Bertz CT molecular complexity index is 1150. The highest BCUT2D eigenvalue weighted by atomic mass is 16.4. The maximum atomic E-state index is 13.4. The Morgan fingerprint density at radius 1 is 1.06 bits per heavy atom. The Balaban J connectivity index is 1.78. The van der Waals surface area contributed by atoms with Crippen LogP contribution in [-0.2, 0) is 14.4 Å². The number of fused-ring (bicyclic) bond motifs is 1. The smallest absolute Gasteiger partial charge is 0.324 e. The number of carboxylic acids is 1. The molecule has 2 aliphatic heterocycles. The van der Waals surface area contributed by atoms with Crippen molar-refractivity contribution in [2.24, 2.45) is 11.8 Å². The van der Waals surface area contributed by atoms with Crippen LogP contribution in [-0.4, -0.2) is 34.2 Å². The molecule has 2 N–H and O–H groups in total. The molecule has 2 aliphatic rings. The minimum atomic E-state index is -1.65. The maximum Gasteiger partial charge on any atom is 0.324 e. The van der Waals surface area contributed by atoms with Crippen LogP contribution < -0.4 is 10.2 Å². The average molecular weight is 417 g/mol. The van der Waals surface area contributed by atoms with E-state index in [1.165, 1.54) is 38.1 Å². The van der Waals surface area contributed by atoms with Crippen LogP contribution in [0.3, 0.4) is 0 Å². The lowest BCUT2D eigenvalue weighted by Gasteiger charge is -2.27. The van der Waals surface area contributed by atoms with Crippen molar-refractivity contribution in [2.75, 3.05) is 4.90 Å². The molecular formula is C23H19N3O5. The second-order valence-electron chi connectivity index (χ2n) is 7.98. The maximum absolute atomic E-state index is 13.4. The largest absolute Gasteiger partial charge is 0.480 e. The number of carbonyl (C=O) groups is 4. The minimum Gasteiger partial charge on any atom is -0.480 e. The quantitative estimate of drug-likeness (QED) is 0.576. The third-order valence-electron chi connectivity index (χ3n) is 6.16. The number of amides is 2. The molecule has 2 aromatic rings. The summed E-state index contributed by atoms with van der Waals surface area (Å²) in [5, 5.41) is 21.9. The van der Waals surface area contributed by atoms with Crippen molar-refractivity contribution in [2.45, 2.75) is 25.4 Å². The Morgan fingerprint density at radius 3 is 2.19 bits per heavy atom. The number of hydrogen-bond acceptors (Lipinski definition) is 6. The molecule has 0 bridgehead atoms. The summed E-state index contributed by atoms with van der Waals surface area (Å²) >= 11 is 0. The Labute approximate surface area is 178 Å². The molecule has 0 saturated carbocycles. The summed E-state index contributed by atoms with van der Waals surface area (Å²) in [6, 6.07) is 13.9. The van der Waals surface area contributed by atoms with E-state index < -0.39 is 41.2 Å². The molecule has 8 heteroatoms. The Hall–Kier alpha value is -3.83. The van der Waals surface area contributed by atoms with E-state index in [4.69, 9.17) is 5.26 Å². The summed E-state index contributed by atoms with van der Waals surface area (Å²) in [5.74, 6) is -4.50. The van der Waals surface area contributed by atoms with E-state index >= 15 is 0 Å². The third kappa shape index (κ3) is 3.02. The fourth-order valence-corrected chi connectivity index (χ4v) is 4.49. The number of hydrogen-bond donors (Lipinski definition) is 2. The van der Waals surface area contributed by atoms with Gasteiger partial charge in [-0.2, -0.15) is 5.26 Å². The van der Waals surface area contributed by atoms with Crippen LogP contribution in [0.4, 0.5) is 5.69 Å². The SMILES string of the molecule is CC(=O)c1ccc(N2C(=O)C3C(c4ccc(C#N)cc4)NC(C)(C(=O)O)C3C2=O)cc1. The van der Waals surface area contributed by atoms with Crippen LogP contribution in [0.5, 0.6) is 0 Å². The van der Waals surface area contributed by atoms with E-state index in [-0.39, 0.29) is 5.78 Å². The highest BCUT2D eigenvalue weighted by molar-refractivity contribution is 6.24. The number of anilines is 1. The van der Waals surface area contributed by atoms with Crippen molar-refractivity contribution in [3.63, 3.8) is 0 Å². The molecule has 2 aromatic carbocycles. The molecule has 31 heavy (non-hydrogen) atoms. The molecule has 0 radical (unpaired) electrons. The van der Waals surface area contributed by atoms with Gasteiger partial charge in [-0.05, 0) is 55.8 Å². The van der Waals surface area contributed by atoms with Crippen molar-refractivity contribution in [3.8, 4) is 6.07 Å². The monoisotopic (exact) mass is 417 g/mol. The molecule has 8 nitrogen and oxygen atoms in total. The van der Waals surface area contributed by atoms with Crippen LogP contribution in [0.2, 0.25) is 0 Å². The van der Waals surface area contributed by atoms with Crippen molar-refractivity contribution < 1.29 is 24.3 Å². The third-order valence-corrected chi connectivity index (χ3v) is 6.16. The number of carboxylic acid groups (broad SMARTS) is 1. The Kier molecular flexibility index (Phi) is 4.71. The summed E-state index contributed by atoms with van der Waals surface area (Å²) in [5.41, 5.74) is 0.134. The van der Waals surface area contributed by atoms with Gasteiger partial charge in [0.15, 0.2) is 5.78 Å². The van der Waals surface area contributed by atoms with Gasteiger partial charge in [0, 0.05) is 11.6 Å². The zero-order chi connectivity index (χ0) is 22.5. The lowest BCUT2D eigenvalue weighted by Crippen LogP contribution is -2.53. The first-order valence-electron chi connectivity index (χ1n) is 9.69. The van der Waals surface area contributed by atoms with Crippen molar-refractivity contribution in [1.29, 1.82) is 5.26 Å². The lowest BCUT2D eigenvalue weighted by atomic mass is 9.80. The number of ketones is 1. The Morgan fingerprint density at radius 2 is 1.68 bits per heavy atom. The number of nitrogens with zero attached hydrogens (tertiary/aromatic N) is 2. The molecule has 2 fully saturated rings. The zero-order valence-corrected chi connectivity index (χ0v) is 16.8. The van der Waals surface area contributed by atoms with Gasteiger partial charge >= 0.3 is 5.97 Å². The highest BCUT2D eigenvalue weighted by Crippen LogP contribution is 2.49. The summed E-state index contributed by atoms with van der Waals surface area (Å²) < 4.78 is 0. The molecule has 2 saturated heterocycles. The average Bonchev–Trinajstić information content (AvgIpc) is 3.22. The van der Waals surface area contributed by atoms with Gasteiger partial charge in [0.2, 0.25) is 11.8 Å².